The van der Waals surface area contributed by atoms with Gasteiger partial charge in [-0.05, 0) is 77.0 Å². The lowest BCUT2D eigenvalue weighted by Gasteiger charge is -2.18. The highest BCUT2D eigenvalue weighted by molar-refractivity contribution is 5.71. The monoisotopic (exact) mass is 967 g/mol. The lowest BCUT2D eigenvalue weighted by molar-refractivity contribution is -0.167. The van der Waals surface area contributed by atoms with E-state index >= 15 is 0 Å². The molecule has 0 spiro atoms. The molecule has 0 heterocycles. The van der Waals surface area contributed by atoms with Crippen LogP contribution in [0.1, 0.15) is 316 Å². The summed E-state index contributed by atoms with van der Waals surface area (Å²) in [4.78, 5) is 38.2. The van der Waals surface area contributed by atoms with E-state index in [0.717, 1.165) is 64.2 Å². The van der Waals surface area contributed by atoms with Gasteiger partial charge in [0.2, 0.25) is 0 Å². The van der Waals surface area contributed by atoms with Crippen molar-refractivity contribution < 1.29 is 28.6 Å². The average Bonchev–Trinajstić information content (AvgIpc) is 3.35. The van der Waals surface area contributed by atoms with Crippen LogP contribution in [0.3, 0.4) is 0 Å². The number of rotatable bonds is 55. The Morgan fingerprint density at radius 3 is 0.870 bits per heavy atom. The van der Waals surface area contributed by atoms with Crippen molar-refractivity contribution in [2.75, 3.05) is 13.2 Å². The van der Waals surface area contributed by atoms with Gasteiger partial charge in [0.05, 0.1) is 0 Å². The standard InChI is InChI=1S/C63H114O6/c1-4-7-10-13-16-19-22-25-28-31-33-35-38-41-44-47-50-53-56-62(65)68-59-60(58-67-61(64)55-52-49-46-43-40-37-34-30-27-24-21-18-15-12-9-6-3)69-63(66)57-54-51-48-45-42-39-36-32-29-26-23-20-17-14-11-8-5-2/h26,29-30,34,36,39,45,48,60H,4-25,27-28,31-33,35,37-38,40-44,46-47,49-59H2,1-3H3/b29-26-,34-30-,39-36-,48-45-. The van der Waals surface area contributed by atoms with Crippen LogP contribution in [0.25, 0.3) is 0 Å². The van der Waals surface area contributed by atoms with E-state index in [1.54, 1.807) is 0 Å². The van der Waals surface area contributed by atoms with Crippen LogP contribution in [-0.4, -0.2) is 37.2 Å². The van der Waals surface area contributed by atoms with E-state index in [0.29, 0.717) is 19.3 Å². The zero-order chi connectivity index (χ0) is 50.0. The van der Waals surface area contributed by atoms with Crippen LogP contribution >= 0.6 is 0 Å². The van der Waals surface area contributed by atoms with Gasteiger partial charge in [0, 0.05) is 19.3 Å². The third kappa shape index (κ3) is 56.2. The molecule has 6 heteroatoms. The summed E-state index contributed by atoms with van der Waals surface area (Å²) < 4.78 is 16.8. The van der Waals surface area contributed by atoms with Crippen LogP contribution in [0.2, 0.25) is 0 Å². The summed E-state index contributed by atoms with van der Waals surface area (Å²) >= 11 is 0. The molecule has 0 saturated carbocycles. The molecule has 0 aromatic rings. The first-order chi connectivity index (χ1) is 34.0. The molecule has 0 aliphatic rings. The number of hydrogen-bond donors (Lipinski definition) is 0. The molecule has 0 rings (SSSR count). The summed E-state index contributed by atoms with van der Waals surface area (Å²) in [7, 11) is 0. The topological polar surface area (TPSA) is 78.9 Å². The van der Waals surface area contributed by atoms with Gasteiger partial charge in [-0.2, -0.15) is 0 Å². The Balaban J connectivity index is 4.42. The largest absolute Gasteiger partial charge is 0.462 e. The number of unbranched alkanes of at least 4 members (excludes halogenated alkanes) is 36. The molecule has 0 fully saturated rings. The van der Waals surface area contributed by atoms with Crippen molar-refractivity contribution in [1.29, 1.82) is 0 Å². The van der Waals surface area contributed by atoms with E-state index in [1.807, 2.05) is 0 Å². The maximum Gasteiger partial charge on any atom is 0.306 e. The average molecular weight is 968 g/mol. The van der Waals surface area contributed by atoms with E-state index in [2.05, 4.69) is 69.4 Å². The lowest BCUT2D eigenvalue weighted by Crippen LogP contribution is -2.30. The van der Waals surface area contributed by atoms with Crippen molar-refractivity contribution in [3.8, 4) is 0 Å². The summed E-state index contributed by atoms with van der Waals surface area (Å²) in [6.07, 6.45) is 71.1. The summed E-state index contributed by atoms with van der Waals surface area (Å²) in [6.45, 7) is 6.62. The highest BCUT2D eigenvalue weighted by atomic mass is 16.6. The van der Waals surface area contributed by atoms with Crippen LogP contribution in [0.5, 0.6) is 0 Å². The Labute approximate surface area is 428 Å². The Kier molecular flexibility index (Phi) is 55.7. The van der Waals surface area contributed by atoms with Crippen LogP contribution < -0.4 is 0 Å². The maximum absolute atomic E-state index is 12.8. The molecule has 0 aromatic heterocycles. The number of carbonyl (C=O) groups is 3. The maximum atomic E-state index is 12.8. The molecule has 1 unspecified atom stereocenters. The van der Waals surface area contributed by atoms with Crippen molar-refractivity contribution in [1.82, 2.24) is 0 Å². The van der Waals surface area contributed by atoms with Crippen molar-refractivity contribution in [3.63, 3.8) is 0 Å². The second-order valence-corrected chi connectivity index (χ2v) is 20.3. The van der Waals surface area contributed by atoms with Gasteiger partial charge in [-0.25, -0.2) is 0 Å². The summed E-state index contributed by atoms with van der Waals surface area (Å²) in [6, 6.07) is 0. The number of allylic oxidation sites excluding steroid dienone is 8. The van der Waals surface area contributed by atoms with Gasteiger partial charge in [0.1, 0.15) is 13.2 Å². The number of ether oxygens (including phenoxy) is 3. The molecule has 0 saturated heterocycles. The van der Waals surface area contributed by atoms with Gasteiger partial charge in [-0.15, -0.1) is 0 Å². The quantitative estimate of drug-likeness (QED) is 0.0262. The Hall–Kier alpha value is -2.63. The van der Waals surface area contributed by atoms with Gasteiger partial charge in [-0.3, -0.25) is 14.4 Å². The van der Waals surface area contributed by atoms with Gasteiger partial charge in [0.25, 0.3) is 0 Å². The first-order valence-electron chi connectivity index (χ1n) is 30.1. The second-order valence-electron chi connectivity index (χ2n) is 20.3. The third-order valence-electron chi connectivity index (χ3n) is 13.3. The summed E-state index contributed by atoms with van der Waals surface area (Å²) in [5.74, 6) is -0.937. The molecule has 6 nitrogen and oxygen atoms in total. The van der Waals surface area contributed by atoms with Crippen LogP contribution in [0.4, 0.5) is 0 Å². The fraction of sp³-hybridized carbons (Fsp3) is 0.825. The van der Waals surface area contributed by atoms with E-state index < -0.39 is 6.10 Å². The predicted molar refractivity (Wildman–Crippen MR) is 298 cm³/mol. The molecule has 0 aliphatic heterocycles. The SMILES string of the molecule is CCCCCCCC/C=C\C/C=C\C/C=C\CCCC(=O)OC(COC(=O)CCCCCCC/C=C\CCCCCCCCC)COC(=O)CCCCCCCCCCCCCCCCCCCC. The van der Waals surface area contributed by atoms with Gasteiger partial charge < -0.3 is 14.2 Å². The molecule has 0 bridgehead atoms. The second kappa shape index (κ2) is 57.9. The minimum absolute atomic E-state index is 0.0924. The Morgan fingerprint density at radius 2 is 0.536 bits per heavy atom. The molecule has 0 amide bonds. The molecule has 0 N–H and O–H groups in total. The highest BCUT2D eigenvalue weighted by Gasteiger charge is 2.19. The van der Waals surface area contributed by atoms with Gasteiger partial charge >= 0.3 is 17.9 Å². The third-order valence-corrected chi connectivity index (χ3v) is 13.3. The number of hydrogen-bond acceptors (Lipinski definition) is 6. The normalized spacial score (nSPS) is 12.3. The first-order valence-corrected chi connectivity index (χ1v) is 30.1. The van der Waals surface area contributed by atoms with Crippen molar-refractivity contribution in [2.45, 2.75) is 322 Å². The summed E-state index contributed by atoms with van der Waals surface area (Å²) in [5, 5.41) is 0. The van der Waals surface area contributed by atoms with Crippen LogP contribution in [0, 0.1) is 0 Å². The minimum Gasteiger partial charge on any atom is -0.462 e. The highest BCUT2D eigenvalue weighted by Crippen LogP contribution is 2.16. The molecule has 1 atom stereocenters. The van der Waals surface area contributed by atoms with E-state index in [9.17, 15) is 14.4 Å². The molecule has 402 valence electrons. The molecular formula is C63H114O6. The Morgan fingerprint density at radius 1 is 0.290 bits per heavy atom. The molecule has 0 aliphatic carbocycles. The van der Waals surface area contributed by atoms with Crippen molar-refractivity contribution in [3.05, 3.63) is 48.6 Å². The lowest BCUT2D eigenvalue weighted by atomic mass is 10.0. The zero-order valence-electron chi connectivity index (χ0n) is 46.1. The van der Waals surface area contributed by atoms with Crippen LogP contribution in [0.15, 0.2) is 48.6 Å². The van der Waals surface area contributed by atoms with E-state index in [1.165, 1.54) is 205 Å². The predicted octanol–water partition coefficient (Wildman–Crippen LogP) is 20.2. The molecule has 0 radical (unpaired) electrons. The number of carbonyl (C=O) groups excluding carboxylic acids is 3. The fourth-order valence-electron chi connectivity index (χ4n) is 8.75. The Bertz CT molecular complexity index is 1200. The van der Waals surface area contributed by atoms with E-state index in [-0.39, 0.29) is 37.5 Å². The molecular weight excluding hydrogens is 853 g/mol. The van der Waals surface area contributed by atoms with Gasteiger partial charge in [-0.1, -0.05) is 268 Å². The van der Waals surface area contributed by atoms with Crippen molar-refractivity contribution in [2.24, 2.45) is 0 Å². The van der Waals surface area contributed by atoms with Crippen LogP contribution in [-0.2, 0) is 28.6 Å². The smallest absolute Gasteiger partial charge is 0.306 e. The van der Waals surface area contributed by atoms with E-state index in [4.69, 9.17) is 14.2 Å². The fourth-order valence-corrected chi connectivity index (χ4v) is 8.75. The van der Waals surface area contributed by atoms with Crippen molar-refractivity contribution >= 4 is 17.9 Å². The summed E-state index contributed by atoms with van der Waals surface area (Å²) in [5.41, 5.74) is 0. The molecule has 69 heavy (non-hydrogen) atoms. The molecule has 0 aromatic carbocycles. The first kappa shape index (κ1) is 66.4. The number of esters is 3. The van der Waals surface area contributed by atoms with Gasteiger partial charge in [0.15, 0.2) is 6.10 Å². The minimum atomic E-state index is -0.801. The zero-order valence-corrected chi connectivity index (χ0v) is 46.1.